The number of aryl methyl sites for hydroxylation is 1. The highest BCUT2D eigenvalue weighted by atomic mass is 16.5. The van der Waals surface area contributed by atoms with E-state index in [9.17, 15) is 19.9 Å². The molecule has 1 aromatic heterocycles. The number of hydrogen-bond donors (Lipinski definition) is 4. The number of terminal acetylenes is 1. The molecule has 0 aliphatic carbocycles. The number of fused-ring (bicyclic) bond motifs is 1. The fraction of sp³-hybridized carbons (Fsp3) is 0.346. The SMILES string of the molecule is C#Cc1ccc2[nH]c(C(COC)NC(=O)c3ccc(C4(O)CCN(O)CCC4=O)c(C)c3)nc2c1. The van der Waals surface area contributed by atoms with E-state index in [1.165, 1.54) is 7.11 Å². The number of aliphatic hydroxyl groups is 1. The van der Waals surface area contributed by atoms with Gasteiger partial charge in [0.1, 0.15) is 17.5 Å². The molecule has 2 unspecified atom stereocenters. The number of imidazole rings is 1. The molecular formula is C26H28N4O5. The molecule has 2 aromatic carbocycles. The Balaban J connectivity index is 1.57. The monoisotopic (exact) mass is 476 g/mol. The van der Waals surface area contributed by atoms with Crippen molar-refractivity contribution < 1.29 is 24.6 Å². The van der Waals surface area contributed by atoms with Crippen LogP contribution in [0.4, 0.5) is 0 Å². The number of nitrogens with one attached hydrogen (secondary N) is 2. The Morgan fingerprint density at radius 1 is 1.34 bits per heavy atom. The molecular weight excluding hydrogens is 448 g/mol. The van der Waals surface area contributed by atoms with E-state index in [2.05, 4.69) is 21.2 Å². The van der Waals surface area contributed by atoms with E-state index in [1.54, 1.807) is 31.2 Å². The van der Waals surface area contributed by atoms with Crippen molar-refractivity contribution in [2.24, 2.45) is 0 Å². The van der Waals surface area contributed by atoms with Gasteiger partial charge in [0.25, 0.3) is 5.91 Å². The third-order valence-corrected chi connectivity index (χ3v) is 6.36. The van der Waals surface area contributed by atoms with Gasteiger partial charge >= 0.3 is 0 Å². The van der Waals surface area contributed by atoms with Crippen molar-refractivity contribution in [2.75, 3.05) is 26.8 Å². The second kappa shape index (κ2) is 9.98. The van der Waals surface area contributed by atoms with Gasteiger partial charge in [0.05, 0.1) is 17.6 Å². The van der Waals surface area contributed by atoms with Crippen LogP contribution in [0.25, 0.3) is 11.0 Å². The number of nitrogens with zero attached hydrogens (tertiary/aromatic N) is 2. The second-order valence-corrected chi connectivity index (χ2v) is 8.75. The number of aromatic amines is 1. The highest BCUT2D eigenvalue weighted by Crippen LogP contribution is 2.32. The predicted molar refractivity (Wildman–Crippen MR) is 129 cm³/mol. The van der Waals surface area contributed by atoms with E-state index >= 15 is 0 Å². The first kappa shape index (κ1) is 24.6. The molecule has 1 fully saturated rings. The third kappa shape index (κ3) is 4.97. The molecule has 3 aromatic rings. The maximum absolute atomic E-state index is 13.1. The molecule has 2 heterocycles. The summed E-state index contributed by atoms with van der Waals surface area (Å²) in [5, 5.41) is 24.9. The number of carbonyl (C=O) groups excluding carboxylic acids is 2. The van der Waals surface area contributed by atoms with E-state index in [0.29, 0.717) is 33.6 Å². The average molecular weight is 477 g/mol. The van der Waals surface area contributed by atoms with Gasteiger partial charge in [-0.05, 0) is 48.4 Å². The Kier molecular flexibility index (Phi) is 7.00. The van der Waals surface area contributed by atoms with Gasteiger partial charge in [-0.2, -0.15) is 5.06 Å². The molecule has 0 saturated carbocycles. The summed E-state index contributed by atoms with van der Waals surface area (Å²) in [5.74, 6) is 2.40. The quantitative estimate of drug-likeness (QED) is 0.402. The summed E-state index contributed by atoms with van der Waals surface area (Å²) in [5.41, 5.74) is 1.88. The van der Waals surface area contributed by atoms with Crippen LogP contribution in [0.15, 0.2) is 36.4 Å². The van der Waals surface area contributed by atoms with E-state index < -0.39 is 11.6 Å². The Bertz CT molecular complexity index is 1310. The molecule has 9 heteroatoms. The maximum atomic E-state index is 13.1. The lowest BCUT2D eigenvalue weighted by Gasteiger charge is -2.27. The van der Waals surface area contributed by atoms with Crippen LogP contribution in [0.2, 0.25) is 0 Å². The lowest BCUT2D eigenvalue weighted by Crippen LogP contribution is -2.37. The summed E-state index contributed by atoms with van der Waals surface area (Å²) in [7, 11) is 1.54. The van der Waals surface area contributed by atoms with Gasteiger partial charge in [0, 0.05) is 44.2 Å². The van der Waals surface area contributed by atoms with Gasteiger partial charge in [0.15, 0.2) is 5.78 Å². The lowest BCUT2D eigenvalue weighted by molar-refractivity contribution is -0.138. The van der Waals surface area contributed by atoms with Gasteiger partial charge < -0.3 is 25.4 Å². The molecule has 1 aliphatic rings. The molecule has 1 aliphatic heterocycles. The molecule has 182 valence electrons. The number of methoxy groups -OCH3 is 1. The topological polar surface area (TPSA) is 128 Å². The highest BCUT2D eigenvalue weighted by molar-refractivity contribution is 5.95. The van der Waals surface area contributed by atoms with Gasteiger partial charge in [-0.25, -0.2) is 4.98 Å². The fourth-order valence-corrected chi connectivity index (χ4v) is 4.41. The Morgan fingerprint density at radius 2 is 2.14 bits per heavy atom. The summed E-state index contributed by atoms with van der Waals surface area (Å²) in [6.45, 7) is 2.28. The van der Waals surface area contributed by atoms with Crippen LogP contribution in [0.3, 0.4) is 0 Å². The number of aromatic nitrogens is 2. The predicted octanol–water partition coefficient (Wildman–Crippen LogP) is 2.21. The number of carbonyl (C=O) groups is 2. The molecule has 1 amide bonds. The van der Waals surface area contributed by atoms with Gasteiger partial charge in [-0.15, -0.1) is 6.42 Å². The molecule has 4 rings (SSSR count). The summed E-state index contributed by atoms with van der Waals surface area (Å²) in [6, 6.07) is 9.71. The minimum absolute atomic E-state index is 0.0354. The van der Waals surface area contributed by atoms with Crippen LogP contribution >= 0.6 is 0 Å². The van der Waals surface area contributed by atoms with Crippen LogP contribution in [-0.2, 0) is 15.1 Å². The first-order valence-electron chi connectivity index (χ1n) is 11.3. The van der Waals surface area contributed by atoms with Crippen molar-refractivity contribution in [1.29, 1.82) is 0 Å². The van der Waals surface area contributed by atoms with Crippen LogP contribution in [0.5, 0.6) is 0 Å². The first-order valence-corrected chi connectivity index (χ1v) is 11.3. The van der Waals surface area contributed by atoms with E-state index in [4.69, 9.17) is 11.2 Å². The van der Waals surface area contributed by atoms with Crippen molar-refractivity contribution in [1.82, 2.24) is 20.3 Å². The van der Waals surface area contributed by atoms with E-state index in [1.807, 2.05) is 12.1 Å². The van der Waals surface area contributed by atoms with E-state index in [-0.39, 0.29) is 44.2 Å². The zero-order valence-corrected chi connectivity index (χ0v) is 19.7. The molecule has 35 heavy (non-hydrogen) atoms. The lowest BCUT2D eigenvalue weighted by atomic mass is 9.82. The number of benzene rings is 2. The second-order valence-electron chi connectivity index (χ2n) is 8.75. The minimum atomic E-state index is -1.71. The standard InChI is InChI=1S/C26H28N4O5/c1-4-17-5-8-20-21(14-17)28-24(27-20)22(15-35-3)29-25(32)18-6-7-19(16(2)13-18)26(33)10-12-30(34)11-9-23(26)31/h1,5-8,13-14,22,33-34H,9-12,15H2,2-3H3,(H,27,28)(H,29,32). The molecule has 2 atom stereocenters. The normalized spacial score (nSPS) is 19.8. The Morgan fingerprint density at radius 3 is 2.86 bits per heavy atom. The van der Waals surface area contributed by atoms with Crippen LogP contribution in [0.1, 0.15) is 51.8 Å². The molecule has 9 nitrogen and oxygen atoms in total. The van der Waals surface area contributed by atoms with Gasteiger partial charge in [0.2, 0.25) is 0 Å². The van der Waals surface area contributed by atoms with Gasteiger partial charge in [-0.1, -0.05) is 12.0 Å². The maximum Gasteiger partial charge on any atom is 0.251 e. The zero-order valence-electron chi connectivity index (χ0n) is 19.7. The highest BCUT2D eigenvalue weighted by Gasteiger charge is 2.40. The summed E-state index contributed by atoms with van der Waals surface area (Å²) in [6.07, 6.45) is 5.58. The average Bonchev–Trinajstić information content (AvgIpc) is 3.23. The third-order valence-electron chi connectivity index (χ3n) is 6.36. The Hall–Kier alpha value is -3.55. The van der Waals surface area contributed by atoms with Crippen molar-refractivity contribution in [3.05, 3.63) is 64.5 Å². The van der Waals surface area contributed by atoms with Crippen molar-refractivity contribution in [3.8, 4) is 12.3 Å². The first-order chi connectivity index (χ1) is 16.7. The smallest absolute Gasteiger partial charge is 0.251 e. The molecule has 1 saturated heterocycles. The summed E-state index contributed by atoms with van der Waals surface area (Å²) >= 11 is 0. The number of ether oxygens (including phenoxy) is 1. The number of ketones is 1. The fourth-order valence-electron chi connectivity index (χ4n) is 4.41. The minimum Gasteiger partial charge on any atom is -0.382 e. The van der Waals surface area contributed by atoms with E-state index in [0.717, 1.165) is 10.6 Å². The number of hydrogen-bond acceptors (Lipinski definition) is 7. The van der Waals surface area contributed by atoms with Crippen molar-refractivity contribution in [3.63, 3.8) is 0 Å². The largest absolute Gasteiger partial charge is 0.382 e. The number of H-pyrrole nitrogens is 1. The summed E-state index contributed by atoms with van der Waals surface area (Å²) in [4.78, 5) is 33.5. The molecule has 4 N–H and O–H groups in total. The summed E-state index contributed by atoms with van der Waals surface area (Å²) < 4.78 is 5.30. The number of rotatable bonds is 6. The van der Waals surface area contributed by atoms with Crippen LogP contribution in [-0.4, -0.2) is 63.8 Å². The zero-order chi connectivity index (χ0) is 25.2. The number of amides is 1. The van der Waals surface area contributed by atoms with Crippen molar-refractivity contribution >= 4 is 22.7 Å². The number of Topliss-reactive ketones (excluding diaryl/α,β-unsaturated/α-hetero) is 1. The molecule has 0 spiro atoms. The Labute approximate surface area is 203 Å². The van der Waals surface area contributed by atoms with Crippen molar-refractivity contribution in [2.45, 2.75) is 31.4 Å². The van der Waals surface area contributed by atoms with Crippen LogP contribution in [0, 0.1) is 19.3 Å². The number of hydroxylamine groups is 2. The van der Waals surface area contributed by atoms with Gasteiger partial charge in [-0.3, -0.25) is 9.59 Å². The molecule has 0 radical (unpaired) electrons. The van der Waals surface area contributed by atoms with Crippen LogP contribution < -0.4 is 5.32 Å². The molecule has 0 bridgehead atoms.